The van der Waals surface area contributed by atoms with Crippen molar-refractivity contribution in [2.75, 3.05) is 19.7 Å². The van der Waals surface area contributed by atoms with E-state index in [2.05, 4.69) is 4.98 Å². The van der Waals surface area contributed by atoms with Gasteiger partial charge in [-0.05, 0) is 31.9 Å². The molecule has 1 aliphatic heterocycles. The van der Waals surface area contributed by atoms with Crippen LogP contribution >= 0.6 is 22.9 Å². The second-order valence-electron chi connectivity index (χ2n) is 7.18. The summed E-state index contributed by atoms with van der Waals surface area (Å²) in [6, 6.07) is 7.43. The molecule has 1 saturated heterocycles. The van der Waals surface area contributed by atoms with Crippen LogP contribution in [0.5, 0.6) is 5.75 Å². The Balaban J connectivity index is 1.64. The number of amides is 1. The Hall–Kier alpha value is -1.63. The molecular weight excluding hydrogens is 396 g/mol. The average molecular weight is 423 g/mol. The predicted molar refractivity (Wildman–Crippen MR) is 112 cm³/mol. The monoisotopic (exact) mass is 422 g/mol. The van der Waals surface area contributed by atoms with Crippen molar-refractivity contribution in [3.05, 3.63) is 44.9 Å². The number of carbonyl (C=O) groups is 1. The summed E-state index contributed by atoms with van der Waals surface area (Å²) in [5.41, 5.74) is -0.0260. The van der Waals surface area contributed by atoms with Gasteiger partial charge in [0, 0.05) is 37.2 Å². The van der Waals surface area contributed by atoms with Gasteiger partial charge in [-0.1, -0.05) is 30.7 Å². The molecule has 1 fully saturated rings. The summed E-state index contributed by atoms with van der Waals surface area (Å²) in [7, 11) is 0. The van der Waals surface area contributed by atoms with Crippen molar-refractivity contribution in [3.63, 3.8) is 0 Å². The zero-order valence-corrected chi connectivity index (χ0v) is 18.0. The van der Waals surface area contributed by atoms with Crippen molar-refractivity contribution in [2.24, 2.45) is 0 Å². The molecule has 3 rings (SSSR count). The van der Waals surface area contributed by atoms with Gasteiger partial charge in [-0.15, -0.1) is 11.3 Å². The first-order chi connectivity index (χ1) is 13.4. The first-order valence-corrected chi connectivity index (χ1v) is 11.0. The summed E-state index contributed by atoms with van der Waals surface area (Å²) in [5.74, 6) is 0.826. The second-order valence-corrected chi connectivity index (χ2v) is 8.67. The molecule has 1 aromatic carbocycles. The number of aliphatic hydroxyl groups is 1. The van der Waals surface area contributed by atoms with Crippen molar-refractivity contribution in [1.82, 2.24) is 9.88 Å². The largest absolute Gasteiger partial charge is 0.492 e. The Labute approximate surface area is 175 Å². The molecule has 1 amide bonds. The lowest BCUT2D eigenvalue weighted by Gasteiger charge is -2.24. The van der Waals surface area contributed by atoms with E-state index < -0.39 is 5.60 Å². The number of rotatable bonds is 6. The van der Waals surface area contributed by atoms with Crippen LogP contribution in [0.1, 0.15) is 48.2 Å². The molecular formula is C21H27ClN2O3S. The topological polar surface area (TPSA) is 62.7 Å². The number of halogens is 1. The third-order valence-electron chi connectivity index (χ3n) is 5.18. The number of likely N-dealkylation sites (tertiary alicyclic amines) is 1. The number of aryl methyl sites for hydroxylation is 1. The highest BCUT2D eigenvalue weighted by Crippen LogP contribution is 2.37. The lowest BCUT2D eigenvalue weighted by Crippen LogP contribution is -2.33. The van der Waals surface area contributed by atoms with E-state index in [-0.39, 0.29) is 5.91 Å². The van der Waals surface area contributed by atoms with Gasteiger partial charge in [-0.3, -0.25) is 4.79 Å². The van der Waals surface area contributed by atoms with E-state index in [9.17, 15) is 9.90 Å². The Morgan fingerprint density at radius 3 is 2.89 bits per heavy atom. The van der Waals surface area contributed by atoms with E-state index in [1.165, 1.54) is 0 Å². The number of carbonyl (C=O) groups excluding carboxylic acids is 1. The fourth-order valence-electron chi connectivity index (χ4n) is 3.48. The average Bonchev–Trinajstić information content (AvgIpc) is 2.94. The van der Waals surface area contributed by atoms with Crippen LogP contribution in [0.2, 0.25) is 5.02 Å². The predicted octanol–water partition coefficient (Wildman–Crippen LogP) is 4.34. The molecule has 0 radical (unpaired) electrons. The third-order valence-corrected chi connectivity index (χ3v) is 6.91. The first-order valence-electron chi connectivity index (χ1n) is 9.77. The van der Waals surface area contributed by atoms with Gasteiger partial charge in [0.15, 0.2) is 0 Å². The number of benzene rings is 1. The fraction of sp³-hybridized carbons (Fsp3) is 0.524. The molecule has 1 aliphatic rings. The van der Waals surface area contributed by atoms with Crippen LogP contribution in [-0.4, -0.2) is 40.6 Å². The van der Waals surface area contributed by atoms with Gasteiger partial charge in [-0.25, -0.2) is 4.98 Å². The molecule has 1 N–H and O–H groups in total. The van der Waals surface area contributed by atoms with E-state index >= 15 is 0 Å². The van der Waals surface area contributed by atoms with Crippen molar-refractivity contribution in [1.29, 1.82) is 0 Å². The minimum atomic E-state index is -0.958. The van der Waals surface area contributed by atoms with Gasteiger partial charge in [0.1, 0.15) is 16.4 Å². The minimum absolute atomic E-state index is 0.150. The molecule has 152 valence electrons. The van der Waals surface area contributed by atoms with Crippen LogP contribution < -0.4 is 4.74 Å². The highest BCUT2D eigenvalue weighted by molar-refractivity contribution is 7.11. The maximum Gasteiger partial charge on any atom is 0.222 e. The molecule has 0 spiro atoms. The van der Waals surface area contributed by atoms with E-state index in [0.717, 1.165) is 22.0 Å². The Morgan fingerprint density at radius 2 is 2.14 bits per heavy atom. The molecule has 5 nitrogen and oxygen atoms in total. The normalized spacial score (nSPS) is 20.1. The lowest BCUT2D eigenvalue weighted by molar-refractivity contribution is -0.131. The third kappa shape index (κ3) is 4.85. The van der Waals surface area contributed by atoms with Crippen LogP contribution in [0.4, 0.5) is 0 Å². The van der Waals surface area contributed by atoms with E-state index in [1.807, 2.05) is 36.9 Å². The number of hydrogen-bond acceptors (Lipinski definition) is 5. The fourth-order valence-corrected chi connectivity index (χ4v) is 4.86. The van der Waals surface area contributed by atoms with Gasteiger partial charge in [0.05, 0.1) is 17.3 Å². The van der Waals surface area contributed by atoms with Crippen molar-refractivity contribution in [2.45, 2.75) is 51.6 Å². The maximum absolute atomic E-state index is 12.0. The summed E-state index contributed by atoms with van der Waals surface area (Å²) in [6.07, 6.45) is 3.16. The lowest BCUT2D eigenvalue weighted by atomic mass is 9.96. The van der Waals surface area contributed by atoms with Gasteiger partial charge in [0.25, 0.3) is 0 Å². The molecule has 1 atom stereocenters. The molecule has 2 heterocycles. The number of aromatic nitrogens is 1. The number of nitrogens with zero attached hydrogens (tertiary/aromatic N) is 2. The maximum atomic E-state index is 12.0. The highest BCUT2D eigenvalue weighted by Gasteiger charge is 2.36. The number of hydrogen-bond donors (Lipinski definition) is 1. The zero-order chi connectivity index (χ0) is 20.1. The van der Waals surface area contributed by atoms with Crippen molar-refractivity contribution >= 4 is 28.8 Å². The molecule has 0 saturated carbocycles. The van der Waals surface area contributed by atoms with Crippen LogP contribution in [0, 0.1) is 6.92 Å². The van der Waals surface area contributed by atoms with E-state index in [4.69, 9.17) is 16.3 Å². The molecule has 1 aromatic heterocycles. The number of ether oxygens (including phenoxy) is 1. The minimum Gasteiger partial charge on any atom is -0.492 e. The van der Waals surface area contributed by atoms with Crippen molar-refractivity contribution in [3.8, 4) is 5.75 Å². The van der Waals surface area contributed by atoms with Gasteiger partial charge < -0.3 is 14.7 Å². The summed E-state index contributed by atoms with van der Waals surface area (Å²) in [6.45, 7) is 5.63. The standard InChI is InChI=1S/C21H27ClN2O3S/c1-3-19(25)24-12-6-10-21(26,11-13-24)20-23-15(2)18(28-20)9-14-27-17-8-5-4-7-16(17)22/h4-5,7-8,26H,3,6,9-14H2,1-2H3/t21-/m0/s1. The van der Waals surface area contributed by atoms with Gasteiger partial charge in [0.2, 0.25) is 5.91 Å². The summed E-state index contributed by atoms with van der Waals surface area (Å²) in [4.78, 5) is 19.6. The van der Waals surface area contributed by atoms with E-state index in [1.54, 1.807) is 17.4 Å². The van der Waals surface area contributed by atoms with Crippen LogP contribution in [0.15, 0.2) is 24.3 Å². The molecule has 2 aromatic rings. The van der Waals surface area contributed by atoms with Crippen molar-refractivity contribution < 1.29 is 14.6 Å². The summed E-state index contributed by atoms with van der Waals surface area (Å²) in [5, 5.41) is 12.6. The molecule has 0 bridgehead atoms. The summed E-state index contributed by atoms with van der Waals surface area (Å²) >= 11 is 7.68. The zero-order valence-electron chi connectivity index (χ0n) is 16.4. The number of thiazole rings is 1. The quantitative estimate of drug-likeness (QED) is 0.752. The van der Waals surface area contributed by atoms with Gasteiger partial charge in [-0.2, -0.15) is 0 Å². The highest BCUT2D eigenvalue weighted by atomic mass is 35.5. The van der Waals surface area contributed by atoms with E-state index in [0.29, 0.717) is 56.2 Å². The molecule has 0 unspecified atom stereocenters. The Bertz CT molecular complexity index is 826. The van der Waals surface area contributed by atoms with Crippen LogP contribution in [0.3, 0.4) is 0 Å². The Morgan fingerprint density at radius 1 is 1.36 bits per heavy atom. The molecule has 7 heteroatoms. The SMILES string of the molecule is CCC(=O)N1CCC[C@@](O)(c2nc(C)c(CCOc3ccccc3Cl)s2)CC1. The number of para-hydroxylation sites is 1. The molecule has 0 aliphatic carbocycles. The first kappa shape index (κ1) is 21.1. The second kappa shape index (κ2) is 9.25. The Kier molecular flexibility index (Phi) is 6.96. The summed E-state index contributed by atoms with van der Waals surface area (Å²) < 4.78 is 5.79. The van der Waals surface area contributed by atoms with Crippen LogP contribution in [0.25, 0.3) is 0 Å². The smallest absolute Gasteiger partial charge is 0.222 e. The van der Waals surface area contributed by atoms with Gasteiger partial charge >= 0.3 is 0 Å². The van der Waals surface area contributed by atoms with Crippen LogP contribution in [-0.2, 0) is 16.8 Å². The molecule has 28 heavy (non-hydrogen) atoms.